The Hall–Kier alpha value is -1.86. The largest absolute Gasteiger partial charge is 0.352 e. The Morgan fingerprint density at radius 3 is 3.00 bits per heavy atom. The Morgan fingerprint density at radius 1 is 1.56 bits per heavy atom. The third-order valence-corrected chi connectivity index (χ3v) is 3.17. The van der Waals surface area contributed by atoms with E-state index in [4.69, 9.17) is 10.00 Å². The molecule has 4 nitrogen and oxygen atoms in total. The summed E-state index contributed by atoms with van der Waals surface area (Å²) in [5.41, 5.74) is 3.12. The molecule has 0 radical (unpaired) electrons. The van der Waals surface area contributed by atoms with Crippen molar-refractivity contribution in [3.8, 4) is 6.07 Å². The van der Waals surface area contributed by atoms with Crippen LogP contribution in [0.15, 0.2) is 18.2 Å². The number of para-hydroxylation sites is 1. The number of nitrogens with zero attached hydrogens (tertiary/aromatic N) is 2. The lowest BCUT2D eigenvalue weighted by Gasteiger charge is -2.32. The fourth-order valence-corrected chi connectivity index (χ4v) is 2.26. The topological polar surface area (TPSA) is 53.3 Å². The molecule has 0 N–H and O–H groups in total. The van der Waals surface area contributed by atoms with Crippen LogP contribution in [-0.4, -0.2) is 25.2 Å². The molecule has 1 saturated heterocycles. The molecule has 0 bridgehead atoms. The van der Waals surface area contributed by atoms with Crippen LogP contribution in [0.5, 0.6) is 0 Å². The normalized spacial score (nSPS) is 19.7. The molecule has 1 unspecified atom stereocenters. The monoisotopic (exact) mass is 244 g/mol. The van der Waals surface area contributed by atoms with Crippen molar-refractivity contribution >= 4 is 11.6 Å². The van der Waals surface area contributed by atoms with Crippen molar-refractivity contribution in [2.75, 3.05) is 18.1 Å². The lowest BCUT2D eigenvalue weighted by atomic mass is 10.0. The second-order valence-electron chi connectivity index (χ2n) is 4.37. The van der Waals surface area contributed by atoms with Crippen molar-refractivity contribution in [3.05, 3.63) is 29.3 Å². The minimum Gasteiger partial charge on any atom is -0.352 e. The maximum atomic E-state index is 12.0. The number of anilines is 1. The molecule has 18 heavy (non-hydrogen) atoms. The van der Waals surface area contributed by atoms with Crippen LogP contribution in [0.3, 0.4) is 0 Å². The first-order chi connectivity index (χ1) is 8.67. The highest BCUT2D eigenvalue weighted by Crippen LogP contribution is 2.27. The minimum atomic E-state index is -0.535. The van der Waals surface area contributed by atoms with Gasteiger partial charge >= 0.3 is 0 Å². The lowest BCUT2D eigenvalue weighted by Crippen LogP contribution is -2.47. The van der Waals surface area contributed by atoms with Crippen LogP contribution in [0.1, 0.15) is 18.1 Å². The van der Waals surface area contributed by atoms with E-state index in [1.807, 2.05) is 25.1 Å². The maximum Gasteiger partial charge on any atom is 0.253 e. The third kappa shape index (κ3) is 2.22. The van der Waals surface area contributed by atoms with Gasteiger partial charge in [-0.05, 0) is 24.5 Å². The average molecular weight is 244 g/mol. The number of carbonyl (C=O) groups is 1. The number of benzene rings is 1. The van der Waals surface area contributed by atoms with Gasteiger partial charge in [-0.15, -0.1) is 0 Å². The molecular formula is C14H16N2O2. The summed E-state index contributed by atoms with van der Waals surface area (Å²) in [5.74, 6) is -0.0782. The van der Waals surface area contributed by atoms with E-state index in [0.717, 1.165) is 23.2 Å². The number of carbonyl (C=O) groups excluding carboxylic acids is 1. The van der Waals surface area contributed by atoms with Crippen molar-refractivity contribution in [1.82, 2.24) is 0 Å². The van der Waals surface area contributed by atoms with Crippen molar-refractivity contribution in [2.24, 2.45) is 0 Å². The Balaban J connectivity index is 2.41. The van der Waals surface area contributed by atoms with E-state index in [9.17, 15) is 4.79 Å². The Bertz CT molecular complexity index is 505. The van der Waals surface area contributed by atoms with E-state index >= 15 is 0 Å². The second kappa shape index (κ2) is 5.19. The molecule has 0 saturated carbocycles. The second-order valence-corrected chi connectivity index (χ2v) is 4.37. The highest BCUT2D eigenvalue weighted by atomic mass is 16.5. The average Bonchev–Trinajstić information content (AvgIpc) is 2.39. The molecule has 0 spiro atoms. The van der Waals surface area contributed by atoms with Crippen LogP contribution in [0, 0.1) is 18.3 Å². The van der Waals surface area contributed by atoms with Crippen molar-refractivity contribution < 1.29 is 9.53 Å². The van der Waals surface area contributed by atoms with Crippen LogP contribution in [0.2, 0.25) is 0 Å². The van der Waals surface area contributed by atoms with Crippen LogP contribution in [0.25, 0.3) is 0 Å². The summed E-state index contributed by atoms with van der Waals surface area (Å²) < 4.78 is 5.15. The SMILES string of the molecule is CCc1cccc(C)c1N1CC(C#N)OCC1=O. The molecule has 94 valence electrons. The van der Waals surface area contributed by atoms with Gasteiger partial charge in [-0.25, -0.2) is 0 Å². The van der Waals surface area contributed by atoms with Gasteiger partial charge in [0.25, 0.3) is 5.91 Å². The van der Waals surface area contributed by atoms with Gasteiger partial charge in [0.15, 0.2) is 6.10 Å². The number of aryl methyl sites for hydroxylation is 2. The Labute approximate surface area is 107 Å². The van der Waals surface area contributed by atoms with Gasteiger partial charge in [-0.3, -0.25) is 4.79 Å². The molecule has 1 heterocycles. The number of hydrogen-bond acceptors (Lipinski definition) is 3. The molecular weight excluding hydrogens is 228 g/mol. The predicted octanol–water partition coefficient (Wildman–Crippen LogP) is 1.81. The summed E-state index contributed by atoms with van der Waals surface area (Å²) in [6.45, 7) is 4.34. The molecule has 0 aromatic heterocycles. The van der Waals surface area contributed by atoms with E-state index in [1.54, 1.807) is 4.90 Å². The zero-order chi connectivity index (χ0) is 13.1. The van der Waals surface area contributed by atoms with E-state index in [-0.39, 0.29) is 12.5 Å². The molecule has 1 aromatic carbocycles. The van der Waals surface area contributed by atoms with Crippen molar-refractivity contribution in [3.63, 3.8) is 0 Å². The van der Waals surface area contributed by atoms with Gasteiger partial charge in [0.05, 0.1) is 12.6 Å². The molecule has 1 fully saturated rings. The number of rotatable bonds is 2. The van der Waals surface area contributed by atoms with Crippen molar-refractivity contribution in [1.29, 1.82) is 5.26 Å². The number of morpholine rings is 1. The highest BCUT2D eigenvalue weighted by molar-refractivity contribution is 5.96. The number of hydrogen-bond donors (Lipinski definition) is 0. The van der Waals surface area contributed by atoms with Gasteiger partial charge in [0, 0.05) is 5.69 Å². The van der Waals surface area contributed by atoms with Crippen LogP contribution in [-0.2, 0) is 16.0 Å². The van der Waals surface area contributed by atoms with E-state index in [2.05, 4.69) is 13.0 Å². The maximum absolute atomic E-state index is 12.0. The first-order valence-corrected chi connectivity index (χ1v) is 6.07. The van der Waals surface area contributed by atoms with Gasteiger partial charge in [-0.1, -0.05) is 25.1 Å². The molecule has 1 amide bonds. The summed E-state index contributed by atoms with van der Waals surface area (Å²) in [4.78, 5) is 13.7. The van der Waals surface area contributed by atoms with Gasteiger partial charge < -0.3 is 9.64 Å². The molecule has 0 aliphatic carbocycles. The molecule has 1 atom stereocenters. The summed E-state index contributed by atoms with van der Waals surface area (Å²) in [5, 5.41) is 8.92. The zero-order valence-corrected chi connectivity index (χ0v) is 10.6. The quantitative estimate of drug-likeness (QED) is 0.797. The van der Waals surface area contributed by atoms with Crippen LogP contribution in [0.4, 0.5) is 5.69 Å². The first-order valence-electron chi connectivity index (χ1n) is 6.07. The van der Waals surface area contributed by atoms with E-state index in [1.165, 1.54) is 0 Å². The highest BCUT2D eigenvalue weighted by Gasteiger charge is 2.29. The zero-order valence-electron chi connectivity index (χ0n) is 10.6. The first kappa shape index (κ1) is 12.6. The fourth-order valence-electron chi connectivity index (χ4n) is 2.26. The third-order valence-electron chi connectivity index (χ3n) is 3.17. The molecule has 2 rings (SSSR count). The van der Waals surface area contributed by atoms with E-state index in [0.29, 0.717) is 6.54 Å². The summed E-state index contributed by atoms with van der Waals surface area (Å²) in [6, 6.07) is 8.06. The molecule has 1 aliphatic rings. The predicted molar refractivity (Wildman–Crippen MR) is 68.3 cm³/mol. The Morgan fingerprint density at radius 2 is 2.33 bits per heavy atom. The summed E-state index contributed by atoms with van der Waals surface area (Å²) >= 11 is 0. The number of ether oxygens (including phenoxy) is 1. The van der Waals surface area contributed by atoms with E-state index < -0.39 is 6.10 Å². The number of amides is 1. The Kier molecular flexibility index (Phi) is 3.63. The van der Waals surface area contributed by atoms with Gasteiger partial charge in [0.1, 0.15) is 6.61 Å². The molecule has 1 aromatic rings. The number of nitriles is 1. The molecule has 4 heteroatoms. The smallest absolute Gasteiger partial charge is 0.253 e. The fraction of sp³-hybridized carbons (Fsp3) is 0.429. The van der Waals surface area contributed by atoms with Crippen LogP contribution >= 0.6 is 0 Å². The van der Waals surface area contributed by atoms with Gasteiger partial charge in [0.2, 0.25) is 0 Å². The standard InChI is InChI=1S/C14H16N2O2/c1-3-11-6-4-5-10(2)14(11)16-8-12(7-15)18-9-13(16)17/h4-6,12H,3,8-9H2,1-2H3. The van der Waals surface area contributed by atoms with Crippen LogP contribution < -0.4 is 4.90 Å². The minimum absolute atomic E-state index is 0.0181. The van der Waals surface area contributed by atoms with Gasteiger partial charge in [-0.2, -0.15) is 5.26 Å². The summed E-state index contributed by atoms with van der Waals surface area (Å²) in [7, 11) is 0. The van der Waals surface area contributed by atoms with Crippen molar-refractivity contribution in [2.45, 2.75) is 26.4 Å². The lowest BCUT2D eigenvalue weighted by molar-refractivity contribution is -0.127. The molecule has 1 aliphatic heterocycles. The summed E-state index contributed by atoms with van der Waals surface area (Å²) in [6.07, 6.45) is 0.325.